The number of piperidine rings is 1. The van der Waals surface area contributed by atoms with E-state index < -0.39 is 0 Å². The maximum absolute atomic E-state index is 12.5. The van der Waals surface area contributed by atoms with Crippen LogP contribution in [-0.4, -0.2) is 33.4 Å². The average Bonchev–Trinajstić information content (AvgIpc) is 2.92. The highest BCUT2D eigenvalue weighted by Crippen LogP contribution is 2.26. The third-order valence-corrected chi connectivity index (χ3v) is 4.35. The molecule has 1 atom stereocenters. The van der Waals surface area contributed by atoms with E-state index in [9.17, 15) is 4.79 Å². The van der Waals surface area contributed by atoms with Crippen LogP contribution in [0.3, 0.4) is 0 Å². The van der Waals surface area contributed by atoms with E-state index in [2.05, 4.69) is 9.55 Å². The molecule has 1 saturated heterocycles. The van der Waals surface area contributed by atoms with Gasteiger partial charge in [-0.3, -0.25) is 4.79 Å². The summed E-state index contributed by atoms with van der Waals surface area (Å²) >= 11 is 0. The van der Waals surface area contributed by atoms with E-state index in [-0.39, 0.29) is 5.91 Å². The van der Waals surface area contributed by atoms with Gasteiger partial charge in [0.25, 0.3) is 0 Å². The monoisotopic (exact) mass is 309 g/mol. The molecule has 0 N–H and O–H groups in total. The van der Waals surface area contributed by atoms with E-state index in [4.69, 9.17) is 0 Å². The molecular weight excluding hydrogens is 286 g/mol. The maximum atomic E-state index is 12.5. The van der Waals surface area contributed by atoms with Crippen LogP contribution >= 0.6 is 0 Å². The zero-order chi connectivity index (χ0) is 16.2. The van der Waals surface area contributed by atoms with Crippen molar-refractivity contribution in [3.8, 4) is 0 Å². The number of hydrogen-bond donors (Lipinski definition) is 0. The SMILES string of the molecule is Cc1cn(C)c(C2CCCN(C(=O)/C=C/c3ccccc3)C2)n1. The second-order valence-electron chi connectivity index (χ2n) is 6.22. The molecular formula is C19H23N3O. The van der Waals surface area contributed by atoms with Gasteiger partial charge < -0.3 is 9.47 Å². The number of carbonyl (C=O) groups is 1. The number of hydrogen-bond acceptors (Lipinski definition) is 2. The van der Waals surface area contributed by atoms with Crippen LogP contribution in [0.5, 0.6) is 0 Å². The van der Waals surface area contributed by atoms with Crippen LogP contribution in [0.25, 0.3) is 6.08 Å². The van der Waals surface area contributed by atoms with Crippen molar-refractivity contribution in [1.82, 2.24) is 14.5 Å². The Hall–Kier alpha value is -2.36. The highest BCUT2D eigenvalue weighted by Gasteiger charge is 2.26. The van der Waals surface area contributed by atoms with Gasteiger partial charge in [-0.05, 0) is 31.4 Å². The fourth-order valence-electron chi connectivity index (χ4n) is 3.24. The zero-order valence-corrected chi connectivity index (χ0v) is 13.8. The molecule has 3 rings (SSSR count). The lowest BCUT2D eigenvalue weighted by molar-refractivity contribution is -0.127. The molecule has 1 aliphatic heterocycles. The van der Waals surface area contributed by atoms with E-state index in [1.807, 2.05) is 61.5 Å². The van der Waals surface area contributed by atoms with Crippen molar-refractivity contribution in [1.29, 1.82) is 0 Å². The van der Waals surface area contributed by atoms with Gasteiger partial charge >= 0.3 is 0 Å². The Morgan fingerprint density at radius 3 is 2.78 bits per heavy atom. The van der Waals surface area contributed by atoms with Gasteiger partial charge in [-0.15, -0.1) is 0 Å². The van der Waals surface area contributed by atoms with Gasteiger partial charge in [0.2, 0.25) is 5.91 Å². The summed E-state index contributed by atoms with van der Waals surface area (Å²) in [5.41, 5.74) is 2.09. The van der Waals surface area contributed by atoms with Gasteiger partial charge in [-0.1, -0.05) is 30.3 Å². The predicted octanol–water partition coefficient (Wildman–Crippen LogP) is 3.15. The minimum Gasteiger partial charge on any atom is -0.338 e. The van der Waals surface area contributed by atoms with Crippen molar-refractivity contribution in [2.75, 3.05) is 13.1 Å². The fraction of sp³-hybridized carbons (Fsp3) is 0.368. The van der Waals surface area contributed by atoms with Crippen LogP contribution in [0.1, 0.15) is 35.8 Å². The standard InChI is InChI=1S/C19H23N3O/c1-15-13-21(2)19(20-15)17-9-6-12-22(14-17)18(23)11-10-16-7-4-3-5-8-16/h3-5,7-8,10-11,13,17H,6,9,12,14H2,1-2H3/b11-10+. The molecule has 4 nitrogen and oxygen atoms in total. The topological polar surface area (TPSA) is 38.1 Å². The van der Waals surface area contributed by atoms with E-state index in [1.165, 1.54) is 0 Å². The first kappa shape index (κ1) is 15.5. The van der Waals surface area contributed by atoms with Crippen LogP contribution in [0.4, 0.5) is 0 Å². The van der Waals surface area contributed by atoms with Crippen molar-refractivity contribution in [3.63, 3.8) is 0 Å². The molecule has 1 amide bonds. The number of nitrogens with zero attached hydrogens (tertiary/aromatic N) is 3. The quantitative estimate of drug-likeness (QED) is 0.817. The number of carbonyl (C=O) groups excluding carboxylic acids is 1. The molecule has 2 aromatic rings. The summed E-state index contributed by atoms with van der Waals surface area (Å²) in [6.07, 6.45) is 7.74. The fourth-order valence-corrected chi connectivity index (χ4v) is 3.24. The lowest BCUT2D eigenvalue weighted by Crippen LogP contribution is -2.38. The molecule has 1 unspecified atom stereocenters. The molecule has 0 aliphatic carbocycles. The third-order valence-electron chi connectivity index (χ3n) is 4.35. The molecule has 1 aliphatic rings. The normalized spacial score (nSPS) is 18.5. The number of likely N-dealkylation sites (tertiary alicyclic amines) is 1. The van der Waals surface area contributed by atoms with Gasteiger partial charge in [-0.25, -0.2) is 4.98 Å². The van der Waals surface area contributed by atoms with Crippen molar-refractivity contribution < 1.29 is 4.79 Å². The lowest BCUT2D eigenvalue weighted by Gasteiger charge is -2.31. The number of benzene rings is 1. The smallest absolute Gasteiger partial charge is 0.246 e. The molecule has 0 bridgehead atoms. The average molecular weight is 309 g/mol. The number of imidazole rings is 1. The molecule has 0 spiro atoms. The lowest BCUT2D eigenvalue weighted by atomic mass is 9.97. The van der Waals surface area contributed by atoms with Crippen LogP contribution in [0, 0.1) is 6.92 Å². The van der Waals surface area contributed by atoms with Crippen LogP contribution < -0.4 is 0 Å². The molecule has 120 valence electrons. The largest absolute Gasteiger partial charge is 0.338 e. The molecule has 0 saturated carbocycles. The predicted molar refractivity (Wildman–Crippen MR) is 92.0 cm³/mol. The van der Waals surface area contributed by atoms with E-state index in [0.29, 0.717) is 5.92 Å². The Morgan fingerprint density at radius 1 is 1.30 bits per heavy atom. The first-order chi connectivity index (χ1) is 11.1. The van der Waals surface area contributed by atoms with Gasteiger partial charge in [0.05, 0.1) is 5.69 Å². The first-order valence-electron chi connectivity index (χ1n) is 8.15. The van der Waals surface area contributed by atoms with E-state index in [0.717, 1.165) is 43.0 Å². The summed E-state index contributed by atoms with van der Waals surface area (Å²) in [7, 11) is 2.03. The number of aromatic nitrogens is 2. The summed E-state index contributed by atoms with van der Waals surface area (Å²) in [6.45, 7) is 3.60. The van der Waals surface area contributed by atoms with Crippen molar-refractivity contribution >= 4 is 12.0 Å². The zero-order valence-electron chi connectivity index (χ0n) is 13.8. The Balaban J connectivity index is 1.67. The Morgan fingerprint density at radius 2 is 2.09 bits per heavy atom. The van der Waals surface area contributed by atoms with Crippen LogP contribution in [-0.2, 0) is 11.8 Å². The van der Waals surface area contributed by atoms with Gasteiger partial charge in [0, 0.05) is 38.3 Å². The Bertz CT molecular complexity index is 703. The second kappa shape index (κ2) is 6.82. The maximum Gasteiger partial charge on any atom is 0.246 e. The van der Waals surface area contributed by atoms with Gasteiger partial charge in [0.15, 0.2) is 0 Å². The molecule has 1 fully saturated rings. The minimum atomic E-state index is 0.0875. The van der Waals surface area contributed by atoms with E-state index >= 15 is 0 Å². The third kappa shape index (κ3) is 3.70. The minimum absolute atomic E-state index is 0.0875. The van der Waals surface area contributed by atoms with Crippen LogP contribution in [0.15, 0.2) is 42.6 Å². The molecule has 1 aromatic carbocycles. The molecule has 0 radical (unpaired) electrons. The first-order valence-corrected chi connectivity index (χ1v) is 8.15. The number of amides is 1. The molecule has 4 heteroatoms. The summed E-state index contributed by atoms with van der Waals surface area (Å²) in [6, 6.07) is 9.93. The van der Waals surface area contributed by atoms with Gasteiger partial charge in [-0.2, -0.15) is 0 Å². The summed E-state index contributed by atoms with van der Waals surface area (Å²) in [5.74, 6) is 1.51. The number of aryl methyl sites for hydroxylation is 2. The van der Waals surface area contributed by atoms with Crippen LogP contribution in [0.2, 0.25) is 0 Å². The second-order valence-corrected chi connectivity index (χ2v) is 6.22. The Kier molecular flexibility index (Phi) is 4.60. The van der Waals surface area contributed by atoms with Crippen molar-refractivity contribution in [2.24, 2.45) is 7.05 Å². The highest BCUT2D eigenvalue weighted by molar-refractivity contribution is 5.91. The summed E-state index contributed by atoms with van der Waals surface area (Å²) < 4.78 is 2.09. The number of rotatable bonds is 3. The van der Waals surface area contributed by atoms with E-state index in [1.54, 1.807) is 6.08 Å². The van der Waals surface area contributed by atoms with Crippen molar-refractivity contribution in [3.05, 3.63) is 59.7 Å². The van der Waals surface area contributed by atoms with Gasteiger partial charge in [0.1, 0.15) is 5.82 Å². The summed E-state index contributed by atoms with van der Waals surface area (Å²) in [4.78, 5) is 19.0. The molecule has 23 heavy (non-hydrogen) atoms. The molecule has 1 aromatic heterocycles. The highest BCUT2D eigenvalue weighted by atomic mass is 16.2. The summed E-state index contributed by atoms with van der Waals surface area (Å²) in [5, 5.41) is 0. The molecule has 2 heterocycles. The Labute approximate surface area is 137 Å². The van der Waals surface area contributed by atoms with Crippen molar-refractivity contribution in [2.45, 2.75) is 25.7 Å².